The molecular weight excluding hydrogens is 191 g/mol. The zero-order chi connectivity index (χ0) is 11.3. The van der Waals surface area contributed by atoms with E-state index in [0.29, 0.717) is 5.84 Å². The summed E-state index contributed by atoms with van der Waals surface area (Å²) in [6.07, 6.45) is 0. The van der Waals surface area contributed by atoms with Crippen LogP contribution in [0.3, 0.4) is 0 Å². The van der Waals surface area contributed by atoms with E-state index in [0.717, 1.165) is 0 Å². The number of rotatable bonds is 1. The van der Waals surface area contributed by atoms with Gasteiger partial charge in [0, 0.05) is 11.6 Å². The molecule has 0 aliphatic carbocycles. The van der Waals surface area contributed by atoms with Crippen LogP contribution in [0.4, 0.5) is 4.53 Å². The lowest BCUT2D eigenvalue weighted by Crippen LogP contribution is -2.34. The van der Waals surface area contributed by atoms with E-state index < -0.39 is 17.9 Å². The number of amidine groups is 1. The molecule has 0 aromatic rings. The zero-order valence-corrected chi connectivity index (χ0v) is 8.57. The average Bonchev–Trinajstić information content (AvgIpc) is 2.48. The largest absolute Gasteiger partial charge is 0.382 e. The summed E-state index contributed by atoms with van der Waals surface area (Å²) in [7, 11) is 1.45. The monoisotopic (exact) mass is 204 g/mol. The number of likely N-dealkylation sites (N-methyl/N-ethyl adjacent to an activating group) is 1. The quantitative estimate of drug-likeness (QED) is 0.591. The molecular formula is C8H13FN2O3. The van der Waals surface area contributed by atoms with Crippen LogP contribution in [0.1, 0.15) is 20.8 Å². The molecule has 0 bridgehead atoms. The minimum absolute atomic E-state index is 0.371. The third-order valence-corrected chi connectivity index (χ3v) is 1.67. The average molecular weight is 204 g/mol. The predicted octanol–water partition coefficient (Wildman–Crippen LogP) is 0.699. The predicted molar refractivity (Wildman–Crippen MR) is 48.2 cm³/mol. The van der Waals surface area contributed by atoms with E-state index in [2.05, 4.69) is 9.93 Å². The molecule has 1 aliphatic rings. The van der Waals surface area contributed by atoms with Gasteiger partial charge in [0.05, 0.1) is 0 Å². The SMILES string of the molecule is CC.CC1=NC(C(=O)OF)C(=O)N1C. The molecule has 1 rings (SSSR count). The van der Waals surface area contributed by atoms with E-state index in [-0.39, 0.29) is 0 Å². The minimum Gasteiger partial charge on any atom is -0.302 e. The van der Waals surface area contributed by atoms with Gasteiger partial charge in [-0.05, 0) is 6.92 Å². The van der Waals surface area contributed by atoms with Crippen molar-refractivity contribution in [1.82, 2.24) is 4.90 Å². The standard InChI is InChI=1S/C6H7FN2O3.C2H6/c1-3-8-4(6(11)12-7)5(10)9(3)2;1-2/h4H,1-2H3;1-2H3. The molecule has 1 aliphatic heterocycles. The lowest BCUT2D eigenvalue weighted by molar-refractivity contribution is -0.185. The number of aliphatic imine (C=N–C) groups is 1. The van der Waals surface area contributed by atoms with Crippen LogP contribution in [0, 0.1) is 0 Å². The van der Waals surface area contributed by atoms with Crippen molar-refractivity contribution in [2.75, 3.05) is 7.05 Å². The topological polar surface area (TPSA) is 59.0 Å². The molecule has 0 saturated heterocycles. The van der Waals surface area contributed by atoms with Crippen molar-refractivity contribution in [3.8, 4) is 0 Å². The van der Waals surface area contributed by atoms with Crippen molar-refractivity contribution in [2.24, 2.45) is 4.99 Å². The number of nitrogens with zero attached hydrogens (tertiary/aromatic N) is 2. The van der Waals surface area contributed by atoms with Gasteiger partial charge in [0.2, 0.25) is 6.04 Å². The smallest absolute Gasteiger partial charge is 0.302 e. The lowest BCUT2D eigenvalue weighted by Gasteiger charge is -2.07. The maximum absolute atomic E-state index is 11.4. The summed E-state index contributed by atoms with van der Waals surface area (Å²) in [5, 5.41) is 0. The summed E-state index contributed by atoms with van der Waals surface area (Å²) in [4.78, 5) is 29.3. The summed E-state index contributed by atoms with van der Waals surface area (Å²) in [6, 6.07) is -1.36. The van der Waals surface area contributed by atoms with Crippen LogP contribution in [0.5, 0.6) is 0 Å². The first-order valence-electron chi connectivity index (χ1n) is 4.22. The summed E-state index contributed by atoms with van der Waals surface area (Å²) < 4.78 is 11.4. The van der Waals surface area contributed by atoms with Crippen molar-refractivity contribution in [1.29, 1.82) is 0 Å². The molecule has 1 atom stereocenters. The molecule has 1 heterocycles. The molecule has 0 aromatic heterocycles. The maximum atomic E-state index is 11.4. The third kappa shape index (κ3) is 2.27. The first-order valence-corrected chi connectivity index (χ1v) is 4.22. The highest BCUT2D eigenvalue weighted by atomic mass is 19.3. The Morgan fingerprint density at radius 1 is 1.57 bits per heavy atom. The van der Waals surface area contributed by atoms with Crippen LogP contribution in [-0.2, 0) is 14.5 Å². The molecule has 1 amide bonds. The van der Waals surface area contributed by atoms with E-state index in [1.807, 2.05) is 13.8 Å². The Morgan fingerprint density at radius 2 is 2.07 bits per heavy atom. The van der Waals surface area contributed by atoms with E-state index >= 15 is 0 Å². The van der Waals surface area contributed by atoms with Crippen molar-refractivity contribution >= 4 is 17.7 Å². The van der Waals surface area contributed by atoms with Crippen LogP contribution in [-0.4, -0.2) is 35.7 Å². The van der Waals surface area contributed by atoms with E-state index in [4.69, 9.17) is 0 Å². The minimum atomic E-state index is -1.36. The van der Waals surface area contributed by atoms with Crippen molar-refractivity contribution in [2.45, 2.75) is 26.8 Å². The number of hydrogen-bond acceptors (Lipinski definition) is 4. The summed E-state index contributed by atoms with van der Waals surface area (Å²) in [5.41, 5.74) is 0. The van der Waals surface area contributed by atoms with Gasteiger partial charge in [-0.25, -0.2) is 9.79 Å². The first-order chi connectivity index (χ1) is 6.57. The van der Waals surface area contributed by atoms with Gasteiger partial charge >= 0.3 is 5.97 Å². The zero-order valence-electron chi connectivity index (χ0n) is 8.57. The van der Waals surface area contributed by atoms with Gasteiger partial charge in [-0.1, -0.05) is 13.8 Å². The fourth-order valence-corrected chi connectivity index (χ4v) is 0.867. The molecule has 0 N–H and O–H groups in total. The Bertz CT molecular complexity index is 265. The highest BCUT2D eigenvalue weighted by Gasteiger charge is 2.37. The van der Waals surface area contributed by atoms with Crippen molar-refractivity contribution in [3.05, 3.63) is 0 Å². The Labute approximate surface area is 81.5 Å². The molecule has 0 spiro atoms. The fraction of sp³-hybridized carbons (Fsp3) is 0.625. The summed E-state index contributed by atoms with van der Waals surface area (Å²) >= 11 is 0. The van der Waals surface area contributed by atoms with Gasteiger partial charge in [0.1, 0.15) is 5.84 Å². The number of carbonyl (C=O) groups is 2. The van der Waals surface area contributed by atoms with Crippen molar-refractivity contribution < 1.29 is 19.1 Å². The Balaban J connectivity index is 0.000000791. The third-order valence-electron chi connectivity index (χ3n) is 1.67. The van der Waals surface area contributed by atoms with E-state index in [1.165, 1.54) is 11.9 Å². The maximum Gasteiger partial charge on any atom is 0.382 e. The molecule has 6 heteroatoms. The molecule has 0 aromatic carbocycles. The second-order valence-electron chi connectivity index (χ2n) is 2.37. The van der Waals surface area contributed by atoms with Crippen LogP contribution in [0.15, 0.2) is 4.99 Å². The molecule has 5 nitrogen and oxygen atoms in total. The lowest BCUT2D eigenvalue weighted by atomic mass is 10.3. The van der Waals surface area contributed by atoms with Crippen molar-refractivity contribution in [3.63, 3.8) is 0 Å². The number of carbonyl (C=O) groups excluding carboxylic acids is 2. The van der Waals surface area contributed by atoms with Crippen LogP contribution in [0.2, 0.25) is 0 Å². The van der Waals surface area contributed by atoms with Crippen LogP contribution in [0.25, 0.3) is 0 Å². The molecule has 1 unspecified atom stereocenters. The summed E-state index contributed by atoms with van der Waals surface area (Å²) in [5.74, 6) is -1.48. The molecule has 0 radical (unpaired) electrons. The van der Waals surface area contributed by atoms with Gasteiger partial charge in [-0.3, -0.25) is 9.74 Å². The van der Waals surface area contributed by atoms with Crippen LogP contribution < -0.4 is 0 Å². The number of amides is 1. The summed E-state index contributed by atoms with van der Waals surface area (Å²) in [6.45, 7) is 5.55. The Hall–Kier alpha value is -1.46. The normalized spacial score (nSPS) is 19.8. The second kappa shape index (κ2) is 5.31. The van der Waals surface area contributed by atoms with Gasteiger partial charge in [0.15, 0.2) is 0 Å². The second-order valence-corrected chi connectivity index (χ2v) is 2.37. The van der Waals surface area contributed by atoms with Gasteiger partial charge in [-0.15, -0.1) is 0 Å². The van der Waals surface area contributed by atoms with E-state index in [9.17, 15) is 14.1 Å². The highest BCUT2D eigenvalue weighted by Crippen LogP contribution is 2.10. The van der Waals surface area contributed by atoms with Crippen LogP contribution >= 0.6 is 0 Å². The molecule has 14 heavy (non-hydrogen) atoms. The van der Waals surface area contributed by atoms with Gasteiger partial charge in [-0.2, -0.15) is 0 Å². The van der Waals surface area contributed by atoms with E-state index in [1.54, 1.807) is 6.92 Å². The fourth-order valence-electron chi connectivity index (χ4n) is 0.867. The number of hydrogen-bond donors (Lipinski definition) is 0. The Morgan fingerprint density at radius 3 is 2.36 bits per heavy atom. The highest BCUT2D eigenvalue weighted by molar-refractivity contribution is 6.14. The number of halogens is 1. The van der Waals surface area contributed by atoms with Gasteiger partial charge < -0.3 is 4.90 Å². The molecule has 0 fully saturated rings. The van der Waals surface area contributed by atoms with Gasteiger partial charge in [0.25, 0.3) is 5.91 Å². The first kappa shape index (κ1) is 12.5. The molecule has 80 valence electrons. The Kier molecular flexibility index (Phi) is 4.76. The molecule has 0 saturated carbocycles.